The average Bonchev–Trinajstić information content (AvgIpc) is 3.34. The number of amides is 1. The van der Waals surface area contributed by atoms with Crippen molar-refractivity contribution >= 4 is 5.91 Å². The van der Waals surface area contributed by atoms with Crippen molar-refractivity contribution in [3.8, 4) is 11.4 Å². The van der Waals surface area contributed by atoms with Gasteiger partial charge in [-0.2, -0.15) is 4.98 Å². The monoisotopic (exact) mass is 386 g/mol. The van der Waals surface area contributed by atoms with Gasteiger partial charge in [0.25, 0.3) is 0 Å². The molecule has 0 aliphatic carbocycles. The number of halogens is 1. The van der Waals surface area contributed by atoms with E-state index in [0.717, 1.165) is 31.6 Å². The first-order valence-electron chi connectivity index (χ1n) is 9.92. The van der Waals surface area contributed by atoms with Crippen LogP contribution in [0.3, 0.4) is 0 Å². The number of benzene rings is 1. The Morgan fingerprint density at radius 2 is 2.07 bits per heavy atom. The quantitative estimate of drug-likeness (QED) is 0.808. The fourth-order valence-corrected chi connectivity index (χ4v) is 4.59. The average molecular weight is 386 g/mol. The number of aromatic nitrogens is 2. The molecule has 1 aromatic heterocycles. The Kier molecular flexibility index (Phi) is 4.95. The molecule has 3 heterocycles. The van der Waals surface area contributed by atoms with Crippen molar-refractivity contribution < 1.29 is 13.7 Å². The first-order chi connectivity index (χ1) is 13.4. The fourth-order valence-electron chi connectivity index (χ4n) is 4.59. The molecule has 2 atom stereocenters. The summed E-state index contributed by atoms with van der Waals surface area (Å²) in [6.07, 6.45) is 1.57. The maximum absolute atomic E-state index is 13.2. The van der Waals surface area contributed by atoms with Gasteiger partial charge in [-0.05, 0) is 50.2 Å². The minimum atomic E-state index is -0.296. The van der Waals surface area contributed by atoms with E-state index in [1.165, 1.54) is 12.1 Å². The van der Waals surface area contributed by atoms with Crippen molar-refractivity contribution in [2.75, 3.05) is 33.2 Å². The topological polar surface area (TPSA) is 62.5 Å². The van der Waals surface area contributed by atoms with Crippen LogP contribution in [-0.2, 0) is 4.79 Å². The van der Waals surface area contributed by atoms with E-state index in [9.17, 15) is 9.18 Å². The zero-order valence-electron chi connectivity index (χ0n) is 16.7. The SMILES string of the molecule is CC(C)CC(=O)N1C[C@@H](c2nc(-c3ccc(F)cc3)no2)[C@]2(CCN(C)C2)C1. The number of carbonyl (C=O) groups is 1. The van der Waals surface area contributed by atoms with E-state index in [4.69, 9.17) is 4.52 Å². The highest BCUT2D eigenvalue weighted by atomic mass is 19.1. The Balaban J connectivity index is 1.61. The highest BCUT2D eigenvalue weighted by molar-refractivity contribution is 5.77. The maximum atomic E-state index is 13.2. The van der Waals surface area contributed by atoms with Crippen molar-refractivity contribution in [3.63, 3.8) is 0 Å². The van der Waals surface area contributed by atoms with Crippen molar-refractivity contribution in [1.29, 1.82) is 0 Å². The van der Waals surface area contributed by atoms with Crippen LogP contribution in [0.5, 0.6) is 0 Å². The third-order valence-corrected chi connectivity index (χ3v) is 6.00. The number of likely N-dealkylation sites (tertiary alicyclic amines) is 2. The summed E-state index contributed by atoms with van der Waals surface area (Å²) in [5, 5.41) is 4.13. The molecule has 2 aliphatic heterocycles. The second-order valence-electron chi connectivity index (χ2n) is 8.74. The molecule has 0 N–H and O–H groups in total. The smallest absolute Gasteiger partial charge is 0.232 e. The van der Waals surface area contributed by atoms with Crippen LogP contribution in [0.15, 0.2) is 28.8 Å². The first kappa shape index (κ1) is 19.1. The lowest BCUT2D eigenvalue weighted by atomic mass is 9.77. The Bertz CT molecular complexity index is 850. The summed E-state index contributed by atoms with van der Waals surface area (Å²) in [5.74, 6) is 1.30. The van der Waals surface area contributed by atoms with Gasteiger partial charge in [0.1, 0.15) is 5.82 Å². The minimum absolute atomic E-state index is 0.0234. The lowest BCUT2D eigenvalue weighted by Crippen LogP contribution is -2.34. The Hall–Kier alpha value is -2.28. The molecule has 0 saturated carbocycles. The van der Waals surface area contributed by atoms with Crippen LogP contribution in [0.25, 0.3) is 11.4 Å². The summed E-state index contributed by atoms with van der Waals surface area (Å²) in [6.45, 7) is 7.40. The van der Waals surface area contributed by atoms with Crippen LogP contribution >= 0.6 is 0 Å². The molecule has 2 aliphatic rings. The second-order valence-corrected chi connectivity index (χ2v) is 8.74. The Morgan fingerprint density at radius 3 is 2.71 bits per heavy atom. The molecule has 1 amide bonds. The third-order valence-electron chi connectivity index (χ3n) is 6.00. The zero-order chi connectivity index (χ0) is 19.9. The van der Waals surface area contributed by atoms with E-state index >= 15 is 0 Å². The van der Waals surface area contributed by atoms with Crippen molar-refractivity contribution in [3.05, 3.63) is 36.0 Å². The highest BCUT2D eigenvalue weighted by Crippen LogP contribution is 2.48. The summed E-state index contributed by atoms with van der Waals surface area (Å²) < 4.78 is 18.8. The summed E-state index contributed by atoms with van der Waals surface area (Å²) in [5.41, 5.74) is 0.674. The van der Waals surface area contributed by atoms with Gasteiger partial charge >= 0.3 is 0 Å². The molecule has 0 bridgehead atoms. The summed E-state index contributed by atoms with van der Waals surface area (Å²) in [4.78, 5) is 21.6. The van der Waals surface area contributed by atoms with E-state index < -0.39 is 0 Å². The minimum Gasteiger partial charge on any atom is -0.341 e. The molecule has 1 spiro atoms. The van der Waals surface area contributed by atoms with E-state index in [-0.39, 0.29) is 23.1 Å². The molecule has 28 heavy (non-hydrogen) atoms. The number of rotatable bonds is 4. The van der Waals surface area contributed by atoms with E-state index in [1.807, 2.05) is 4.90 Å². The molecule has 2 saturated heterocycles. The Morgan fingerprint density at radius 1 is 1.32 bits per heavy atom. The van der Waals surface area contributed by atoms with E-state index in [0.29, 0.717) is 30.6 Å². The Labute approximate surface area is 164 Å². The van der Waals surface area contributed by atoms with Crippen LogP contribution in [0.1, 0.15) is 38.5 Å². The lowest BCUT2D eigenvalue weighted by Gasteiger charge is -2.27. The van der Waals surface area contributed by atoms with Crippen LogP contribution in [0.4, 0.5) is 4.39 Å². The summed E-state index contributed by atoms with van der Waals surface area (Å²) in [6, 6.07) is 6.08. The first-order valence-corrected chi connectivity index (χ1v) is 9.92. The summed E-state index contributed by atoms with van der Waals surface area (Å²) in [7, 11) is 2.11. The lowest BCUT2D eigenvalue weighted by molar-refractivity contribution is -0.131. The van der Waals surface area contributed by atoms with E-state index in [2.05, 4.69) is 35.9 Å². The van der Waals surface area contributed by atoms with Crippen LogP contribution in [-0.4, -0.2) is 59.1 Å². The molecular formula is C21H27FN4O2. The molecule has 6 nitrogen and oxygen atoms in total. The predicted molar refractivity (Wildman–Crippen MR) is 103 cm³/mol. The second kappa shape index (κ2) is 7.28. The van der Waals surface area contributed by atoms with Gasteiger partial charge in [0.15, 0.2) is 0 Å². The van der Waals surface area contributed by atoms with Gasteiger partial charge in [0.05, 0.1) is 5.92 Å². The predicted octanol–water partition coefficient (Wildman–Crippen LogP) is 3.17. The summed E-state index contributed by atoms with van der Waals surface area (Å²) >= 11 is 0. The third kappa shape index (κ3) is 3.55. The largest absolute Gasteiger partial charge is 0.341 e. The fraction of sp³-hybridized carbons (Fsp3) is 0.571. The maximum Gasteiger partial charge on any atom is 0.232 e. The van der Waals surface area contributed by atoms with Crippen molar-refractivity contribution in [2.24, 2.45) is 11.3 Å². The van der Waals surface area contributed by atoms with Gasteiger partial charge < -0.3 is 14.3 Å². The van der Waals surface area contributed by atoms with Crippen LogP contribution in [0.2, 0.25) is 0 Å². The molecule has 2 fully saturated rings. The van der Waals surface area contributed by atoms with Crippen molar-refractivity contribution in [1.82, 2.24) is 19.9 Å². The van der Waals surface area contributed by atoms with Gasteiger partial charge in [-0.3, -0.25) is 4.79 Å². The molecule has 1 aromatic carbocycles. The molecule has 150 valence electrons. The molecule has 0 unspecified atom stereocenters. The van der Waals surface area contributed by atoms with Gasteiger partial charge in [0, 0.05) is 37.0 Å². The normalized spacial score (nSPS) is 25.3. The molecule has 7 heteroatoms. The standard InChI is InChI=1S/C21H27FN4O2/c1-14(2)10-18(27)26-11-17(21(13-26)8-9-25(3)12-21)20-23-19(24-28-20)15-4-6-16(22)7-5-15/h4-7,14,17H,8-13H2,1-3H3/t17-,21-/m0/s1. The number of nitrogens with zero attached hydrogens (tertiary/aromatic N) is 4. The van der Waals surface area contributed by atoms with Crippen molar-refractivity contribution in [2.45, 2.75) is 32.6 Å². The molecule has 2 aromatic rings. The zero-order valence-corrected chi connectivity index (χ0v) is 16.7. The van der Waals surface area contributed by atoms with Gasteiger partial charge in [-0.15, -0.1) is 0 Å². The van der Waals surface area contributed by atoms with Gasteiger partial charge in [-0.1, -0.05) is 19.0 Å². The van der Waals surface area contributed by atoms with Gasteiger partial charge in [-0.25, -0.2) is 4.39 Å². The van der Waals surface area contributed by atoms with E-state index in [1.54, 1.807) is 12.1 Å². The molecule has 0 radical (unpaired) electrons. The highest BCUT2D eigenvalue weighted by Gasteiger charge is 2.53. The van der Waals surface area contributed by atoms with Crippen LogP contribution < -0.4 is 0 Å². The van der Waals surface area contributed by atoms with Crippen LogP contribution in [0, 0.1) is 17.2 Å². The molecule has 4 rings (SSSR count). The number of hydrogen-bond donors (Lipinski definition) is 0. The molecular weight excluding hydrogens is 359 g/mol. The number of carbonyl (C=O) groups excluding carboxylic acids is 1. The van der Waals surface area contributed by atoms with Gasteiger partial charge in [0.2, 0.25) is 17.6 Å². The number of hydrogen-bond acceptors (Lipinski definition) is 5.